The van der Waals surface area contributed by atoms with E-state index in [9.17, 15) is 9.36 Å². The van der Waals surface area contributed by atoms with Crippen LogP contribution < -0.4 is 0 Å². The van der Waals surface area contributed by atoms with Gasteiger partial charge in [-0.2, -0.15) is 0 Å². The molecule has 7 nitrogen and oxygen atoms in total. The molecule has 296 valence electrons. The predicted molar refractivity (Wildman–Crippen MR) is 217 cm³/mol. The van der Waals surface area contributed by atoms with Gasteiger partial charge in [0.15, 0.2) is 0 Å². The van der Waals surface area contributed by atoms with Crippen LogP contribution in [0.5, 0.6) is 0 Å². The van der Waals surface area contributed by atoms with Gasteiger partial charge in [0.1, 0.15) is 0 Å². The van der Waals surface area contributed by atoms with Crippen LogP contribution in [0.15, 0.2) is 4.99 Å². The number of nitrogens with zero attached hydrogens (tertiary/aromatic N) is 1. The van der Waals surface area contributed by atoms with Gasteiger partial charge in [0, 0.05) is 13.0 Å². The Morgan fingerprint density at radius 1 is 0.553 bits per heavy atom. The van der Waals surface area contributed by atoms with Crippen LogP contribution in [0.25, 0.3) is 0 Å². The maximum atomic E-state index is 10.2. The zero-order chi connectivity index (χ0) is 39.0. The second kappa shape index (κ2) is 85.2. The number of phosphoric ester groups is 1. The normalized spacial score (nSPS) is 8.91. The van der Waals surface area contributed by atoms with Crippen LogP contribution in [0.1, 0.15) is 227 Å². The Labute approximate surface area is 299 Å². The highest BCUT2D eigenvalue weighted by Gasteiger charge is 2.10. The Morgan fingerprint density at radius 2 is 0.830 bits per heavy atom. The molecule has 0 aromatic rings. The number of hydrogen-bond acceptors (Lipinski definition) is 5. The highest BCUT2D eigenvalue weighted by atomic mass is 31.2. The minimum Gasteiger partial charge on any atom is -0.466 e. The third-order valence-corrected chi connectivity index (χ3v) is 5.52. The highest BCUT2D eigenvalue weighted by Crippen LogP contribution is 2.34. The van der Waals surface area contributed by atoms with E-state index in [1.165, 1.54) is 103 Å². The summed E-state index contributed by atoms with van der Waals surface area (Å²) in [7, 11) is -4.17. The van der Waals surface area contributed by atoms with E-state index in [2.05, 4.69) is 90.4 Å². The molecule has 0 aliphatic heterocycles. The van der Waals surface area contributed by atoms with Gasteiger partial charge in [-0.3, -0.25) is 14.3 Å². The van der Waals surface area contributed by atoms with E-state index in [1.807, 2.05) is 27.0 Å². The van der Waals surface area contributed by atoms with E-state index in [-0.39, 0.29) is 12.6 Å². The summed E-state index contributed by atoms with van der Waals surface area (Å²) in [5, 5.41) is 0. The fourth-order valence-electron chi connectivity index (χ4n) is 2.46. The molecule has 0 spiro atoms. The number of hydrogen-bond donors (Lipinski definition) is 2. The molecule has 0 radical (unpaired) electrons. The molecule has 0 fully saturated rings. The summed E-state index contributed by atoms with van der Waals surface area (Å²) < 4.78 is 18.2. The molecule has 0 aromatic carbocycles. The Hall–Kier alpha value is -0.750. The van der Waals surface area contributed by atoms with Crippen LogP contribution >= 0.6 is 7.82 Å². The van der Waals surface area contributed by atoms with E-state index >= 15 is 0 Å². The molecule has 0 amide bonds. The van der Waals surface area contributed by atoms with Crippen LogP contribution in [-0.2, 0) is 18.6 Å². The maximum absolute atomic E-state index is 10.2. The van der Waals surface area contributed by atoms with Crippen molar-refractivity contribution in [2.45, 2.75) is 227 Å². The van der Waals surface area contributed by atoms with Gasteiger partial charge in [0.05, 0.1) is 13.2 Å². The minimum absolute atomic E-state index is 0.0459. The van der Waals surface area contributed by atoms with E-state index in [0.717, 1.165) is 13.0 Å². The quantitative estimate of drug-likeness (QED) is 0.0941. The lowest BCUT2D eigenvalue weighted by Gasteiger charge is -1.98. The number of carbonyl (C=O) groups is 1. The number of unbranched alkanes of at least 4 members (excludes halogenated alkanes) is 10. The van der Waals surface area contributed by atoms with Crippen molar-refractivity contribution in [2.75, 3.05) is 19.8 Å². The van der Waals surface area contributed by atoms with Crippen molar-refractivity contribution >= 4 is 20.0 Å². The number of rotatable bonds is 16. The summed E-state index contributed by atoms with van der Waals surface area (Å²) in [6.07, 6.45) is 23.9. The van der Waals surface area contributed by atoms with Crippen molar-refractivity contribution in [1.82, 2.24) is 0 Å². The van der Waals surface area contributed by atoms with Gasteiger partial charge in [0.2, 0.25) is 0 Å². The maximum Gasteiger partial charge on any atom is 0.469 e. The summed E-state index contributed by atoms with van der Waals surface area (Å²) >= 11 is 0. The lowest BCUT2D eigenvalue weighted by Crippen LogP contribution is -2.00. The molecule has 0 saturated heterocycles. The molecule has 0 aliphatic carbocycles. The summed E-state index contributed by atoms with van der Waals surface area (Å²) in [5.74, 6) is -0.123. The van der Waals surface area contributed by atoms with E-state index in [4.69, 9.17) is 9.79 Å². The summed E-state index contributed by atoms with van der Waals surface area (Å²) in [5.41, 5.74) is 0. The molecular weight excluding hydrogens is 609 g/mol. The average molecular weight is 704 g/mol. The van der Waals surface area contributed by atoms with Crippen molar-refractivity contribution in [3.63, 3.8) is 0 Å². The van der Waals surface area contributed by atoms with Gasteiger partial charge in [-0.25, -0.2) is 4.57 Å². The van der Waals surface area contributed by atoms with Crippen LogP contribution in [0.4, 0.5) is 0 Å². The first-order valence-corrected chi connectivity index (χ1v) is 21.2. The minimum atomic E-state index is -4.17. The second-order valence-electron chi connectivity index (χ2n) is 9.92. The van der Waals surface area contributed by atoms with Gasteiger partial charge in [0.25, 0.3) is 0 Å². The first kappa shape index (κ1) is 68.2. The van der Waals surface area contributed by atoms with Gasteiger partial charge in [-0.05, 0) is 33.4 Å². The van der Waals surface area contributed by atoms with Crippen molar-refractivity contribution in [2.24, 2.45) is 4.99 Å². The Balaban J connectivity index is -0.0000000500. The van der Waals surface area contributed by atoms with Crippen LogP contribution in [0.3, 0.4) is 0 Å². The Bertz CT molecular complexity index is 435. The average Bonchev–Trinajstić information content (AvgIpc) is 3.05. The first-order chi connectivity index (χ1) is 22.4. The number of esters is 1. The molecule has 8 heteroatoms. The van der Waals surface area contributed by atoms with E-state index in [0.29, 0.717) is 13.0 Å². The zero-order valence-electron chi connectivity index (χ0n) is 35.6. The van der Waals surface area contributed by atoms with Crippen LogP contribution in [0.2, 0.25) is 0 Å². The smallest absolute Gasteiger partial charge is 0.466 e. The zero-order valence-corrected chi connectivity index (χ0v) is 36.5. The number of ether oxygens (including phenoxy) is 1. The van der Waals surface area contributed by atoms with Crippen molar-refractivity contribution in [1.29, 1.82) is 0 Å². The molecule has 0 unspecified atom stereocenters. The van der Waals surface area contributed by atoms with Gasteiger partial charge < -0.3 is 14.5 Å². The monoisotopic (exact) mass is 704 g/mol. The summed E-state index contributed by atoms with van der Waals surface area (Å²) in [6, 6.07) is 0. The highest BCUT2D eigenvalue weighted by molar-refractivity contribution is 7.46. The third kappa shape index (κ3) is 187. The van der Waals surface area contributed by atoms with Crippen LogP contribution in [-0.4, -0.2) is 41.7 Å². The van der Waals surface area contributed by atoms with E-state index in [1.54, 1.807) is 13.8 Å². The summed E-state index contributed by atoms with van der Waals surface area (Å²) in [6.45, 7) is 36.8. The summed E-state index contributed by atoms with van der Waals surface area (Å²) in [4.78, 5) is 30.0. The first-order valence-electron chi connectivity index (χ1n) is 19.7. The molecule has 0 bridgehead atoms. The number of phosphoric acid groups is 1. The molecule has 47 heavy (non-hydrogen) atoms. The molecular formula is C39H94NO6P. The largest absolute Gasteiger partial charge is 0.469 e. The van der Waals surface area contributed by atoms with Crippen molar-refractivity contribution < 1.29 is 28.4 Å². The topological polar surface area (TPSA) is 105 Å². The molecule has 0 saturated carbocycles. The van der Waals surface area contributed by atoms with E-state index < -0.39 is 7.82 Å². The molecule has 0 aromatic heterocycles. The fraction of sp³-hybridized carbons (Fsp3) is 0.949. The standard InChI is InChI=1S/C5H11N.C5H10O2.5C5H12.C2H7O4P.C2H6/c1-3-5-6-4-2;1-3-5(6)7-4-2;5*1-3-5-4-2;1-2-6-7(3,4)5;1-2/h5H,3-4H2,1-2H3;3-4H2,1-2H3;5*3-5H2,1-2H3;2H2,1H3,(H2,3,4,5);1-2H3. The predicted octanol–water partition coefficient (Wildman–Crippen LogP) is 14.6. The second-order valence-corrected chi connectivity index (χ2v) is 11.2. The molecule has 0 heterocycles. The van der Waals surface area contributed by atoms with Crippen LogP contribution in [0, 0.1) is 0 Å². The molecule has 0 rings (SSSR count). The third-order valence-electron chi connectivity index (χ3n) is 4.92. The fourth-order valence-corrected chi connectivity index (χ4v) is 2.79. The molecule has 0 atom stereocenters. The Morgan fingerprint density at radius 3 is 0.872 bits per heavy atom. The molecule has 2 N–H and O–H groups in total. The van der Waals surface area contributed by atoms with Gasteiger partial charge in [-0.1, -0.05) is 193 Å². The Kier molecular flexibility index (Phi) is 124. The lowest BCUT2D eigenvalue weighted by atomic mass is 10.3. The SMILES string of the molecule is CC.CCC=NCC.CCCCC.CCCCC.CCCCC.CCCCC.CCCCC.CCOC(=O)CC.CCOP(=O)(O)O. The van der Waals surface area contributed by atoms with Gasteiger partial charge in [-0.15, -0.1) is 0 Å². The number of aliphatic imine (C=N–C) groups is 1. The molecule has 0 aliphatic rings. The lowest BCUT2D eigenvalue weighted by molar-refractivity contribution is -0.142. The van der Waals surface area contributed by atoms with Crippen molar-refractivity contribution in [3.8, 4) is 0 Å². The van der Waals surface area contributed by atoms with Crippen molar-refractivity contribution in [3.05, 3.63) is 0 Å². The number of carbonyl (C=O) groups excluding carboxylic acids is 1. The van der Waals surface area contributed by atoms with Gasteiger partial charge >= 0.3 is 13.8 Å².